The van der Waals surface area contributed by atoms with Crippen LogP contribution >= 0.6 is 0 Å². The van der Waals surface area contributed by atoms with Crippen molar-refractivity contribution in [2.45, 2.75) is 63.5 Å². The molecule has 150 valence electrons. The Morgan fingerprint density at radius 2 is 1.67 bits per heavy atom. The molecule has 0 heterocycles. The second kappa shape index (κ2) is 7.36. The first-order valence-corrected chi connectivity index (χ1v) is 9.09. The van der Waals surface area contributed by atoms with Gasteiger partial charge in [-0.3, -0.25) is 4.79 Å². The normalized spacial score (nSPS) is 23.9. The van der Waals surface area contributed by atoms with Crippen molar-refractivity contribution in [1.29, 1.82) is 0 Å². The summed E-state index contributed by atoms with van der Waals surface area (Å²) < 4.78 is 78.8. The van der Waals surface area contributed by atoms with E-state index in [1.165, 1.54) is 23.1 Å². The summed E-state index contributed by atoms with van der Waals surface area (Å²) in [5.74, 6) is -2.73. The average molecular weight is 393 g/mol. The molecule has 0 aliphatic heterocycles. The lowest BCUT2D eigenvalue weighted by Crippen LogP contribution is -2.41. The highest BCUT2D eigenvalue weighted by Crippen LogP contribution is 2.42. The number of nitrogens with zero attached hydrogens (tertiary/aromatic N) is 1. The van der Waals surface area contributed by atoms with Crippen LogP contribution in [0.3, 0.4) is 0 Å². The summed E-state index contributed by atoms with van der Waals surface area (Å²) in [5, 5.41) is 0. The van der Waals surface area contributed by atoms with Gasteiger partial charge in [0.1, 0.15) is 0 Å². The van der Waals surface area contributed by atoms with Gasteiger partial charge in [0.25, 0.3) is 0 Å². The van der Waals surface area contributed by atoms with Gasteiger partial charge in [-0.05, 0) is 43.7 Å². The number of halogens is 6. The second-order valence-corrected chi connectivity index (χ2v) is 7.45. The van der Waals surface area contributed by atoms with Crippen LogP contribution in [-0.4, -0.2) is 23.0 Å². The van der Waals surface area contributed by atoms with Crippen LogP contribution in [0.15, 0.2) is 24.3 Å². The Balaban J connectivity index is 1.78. The number of hydrogen-bond acceptors (Lipinski definition) is 1. The number of rotatable bonds is 4. The van der Waals surface area contributed by atoms with E-state index in [9.17, 15) is 31.1 Å². The first-order valence-electron chi connectivity index (χ1n) is 9.09. The summed E-state index contributed by atoms with van der Waals surface area (Å²) in [6, 6.07) is 4.87. The predicted molar refractivity (Wildman–Crippen MR) is 86.5 cm³/mol. The highest BCUT2D eigenvalue weighted by Gasteiger charge is 2.46. The van der Waals surface area contributed by atoms with E-state index in [0.717, 1.165) is 6.07 Å². The van der Waals surface area contributed by atoms with Crippen molar-refractivity contribution in [3.05, 3.63) is 35.4 Å². The van der Waals surface area contributed by atoms with Gasteiger partial charge in [-0.1, -0.05) is 24.6 Å². The van der Waals surface area contributed by atoms with Gasteiger partial charge in [-0.25, -0.2) is 0 Å². The number of carbonyl (C=O) groups excluding carboxylic acids is 1. The van der Waals surface area contributed by atoms with Gasteiger partial charge in [-0.2, -0.15) is 26.3 Å². The molecule has 0 radical (unpaired) electrons. The van der Waals surface area contributed by atoms with E-state index in [-0.39, 0.29) is 31.0 Å². The van der Waals surface area contributed by atoms with Gasteiger partial charge in [0.15, 0.2) is 0 Å². The monoisotopic (exact) mass is 393 g/mol. The van der Waals surface area contributed by atoms with Crippen LogP contribution in [0.1, 0.15) is 49.7 Å². The third kappa shape index (κ3) is 4.76. The number of amides is 1. The number of alkyl halides is 6. The second-order valence-electron chi connectivity index (χ2n) is 7.45. The Kier molecular flexibility index (Phi) is 5.45. The fourth-order valence-corrected chi connectivity index (χ4v) is 3.84. The van der Waals surface area contributed by atoms with Crippen molar-refractivity contribution in [3.8, 4) is 0 Å². The zero-order valence-corrected chi connectivity index (χ0v) is 14.6. The topological polar surface area (TPSA) is 20.3 Å². The Labute approximate surface area is 153 Å². The van der Waals surface area contributed by atoms with Crippen LogP contribution in [0.4, 0.5) is 26.3 Å². The number of benzene rings is 1. The molecule has 2 unspecified atom stereocenters. The van der Waals surface area contributed by atoms with Crippen molar-refractivity contribution in [3.63, 3.8) is 0 Å². The zero-order chi connectivity index (χ0) is 19.8. The molecule has 0 bridgehead atoms. The molecular weight excluding hydrogens is 372 g/mol. The van der Waals surface area contributed by atoms with Crippen molar-refractivity contribution < 1.29 is 31.1 Å². The van der Waals surface area contributed by atoms with Gasteiger partial charge < -0.3 is 4.90 Å². The smallest absolute Gasteiger partial charge is 0.335 e. The summed E-state index contributed by atoms with van der Waals surface area (Å²) in [6.45, 7) is -0.216. The lowest BCUT2D eigenvalue weighted by Gasteiger charge is -2.34. The molecule has 0 aromatic heterocycles. The lowest BCUT2D eigenvalue weighted by molar-refractivity contribution is -0.187. The van der Waals surface area contributed by atoms with Crippen LogP contribution in [-0.2, 0) is 17.5 Å². The van der Waals surface area contributed by atoms with Gasteiger partial charge >= 0.3 is 12.4 Å². The summed E-state index contributed by atoms with van der Waals surface area (Å²) >= 11 is 0. The summed E-state index contributed by atoms with van der Waals surface area (Å²) in [4.78, 5) is 14.3. The molecule has 2 atom stereocenters. The van der Waals surface area contributed by atoms with Gasteiger partial charge in [0.05, 0.1) is 11.5 Å². The maximum Gasteiger partial charge on any atom is 0.416 e. The molecule has 2 aliphatic carbocycles. The van der Waals surface area contributed by atoms with E-state index in [1.54, 1.807) is 0 Å². The first kappa shape index (κ1) is 20.0. The quantitative estimate of drug-likeness (QED) is 0.613. The fraction of sp³-hybridized carbons (Fsp3) is 0.632. The minimum absolute atomic E-state index is 0.00756. The third-order valence-electron chi connectivity index (χ3n) is 5.42. The van der Waals surface area contributed by atoms with Crippen LogP contribution in [0, 0.1) is 11.8 Å². The summed E-state index contributed by atoms with van der Waals surface area (Å²) in [5.41, 5.74) is -0.825. The van der Waals surface area contributed by atoms with Crippen molar-refractivity contribution >= 4 is 5.91 Å². The summed E-state index contributed by atoms with van der Waals surface area (Å²) in [7, 11) is 0. The van der Waals surface area contributed by atoms with Gasteiger partial charge in [0, 0.05) is 18.5 Å². The SMILES string of the molecule is O=C(C1CCCC(C(F)(F)F)C1)N(Cc1ccccc1C(F)(F)F)C1CC1. The van der Waals surface area contributed by atoms with Crippen LogP contribution < -0.4 is 0 Å². The fourth-order valence-electron chi connectivity index (χ4n) is 3.84. The van der Waals surface area contributed by atoms with Crippen LogP contribution in [0.25, 0.3) is 0 Å². The molecule has 27 heavy (non-hydrogen) atoms. The first-order chi connectivity index (χ1) is 12.6. The highest BCUT2D eigenvalue weighted by molar-refractivity contribution is 5.79. The van der Waals surface area contributed by atoms with Crippen LogP contribution in [0.5, 0.6) is 0 Å². The molecule has 2 fully saturated rings. The Morgan fingerprint density at radius 3 is 2.26 bits per heavy atom. The molecule has 2 aliphatic rings. The molecule has 3 rings (SSSR count). The number of hydrogen-bond donors (Lipinski definition) is 0. The largest absolute Gasteiger partial charge is 0.416 e. The minimum Gasteiger partial charge on any atom is -0.335 e. The maximum absolute atomic E-state index is 13.2. The van der Waals surface area contributed by atoms with E-state index in [0.29, 0.717) is 25.7 Å². The van der Waals surface area contributed by atoms with Crippen molar-refractivity contribution in [1.82, 2.24) is 4.90 Å². The lowest BCUT2D eigenvalue weighted by atomic mass is 9.80. The molecule has 1 aromatic rings. The molecule has 8 heteroatoms. The number of carbonyl (C=O) groups is 1. The molecule has 0 N–H and O–H groups in total. The highest BCUT2D eigenvalue weighted by atomic mass is 19.4. The van der Waals surface area contributed by atoms with E-state index < -0.39 is 35.7 Å². The standard InChI is InChI=1S/C19H21F6NO/c20-18(21,22)14-6-3-5-12(10-14)17(27)26(15-8-9-15)11-13-4-1-2-7-16(13)19(23,24)25/h1-2,4,7,12,14-15H,3,5-6,8-11H2. The Bertz CT molecular complexity index is 680. The third-order valence-corrected chi connectivity index (χ3v) is 5.42. The molecule has 0 saturated heterocycles. The molecular formula is C19H21F6NO. The average Bonchev–Trinajstić information content (AvgIpc) is 3.43. The molecule has 1 amide bonds. The molecule has 2 nitrogen and oxygen atoms in total. The van der Waals surface area contributed by atoms with E-state index in [1.807, 2.05) is 0 Å². The minimum atomic E-state index is -4.54. The Morgan fingerprint density at radius 1 is 1.00 bits per heavy atom. The maximum atomic E-state index is 13.2. The predicted octanol–water partition coefficient (Wildman–Crippen LogP) is 5.57. The molecule has 2 saturated carbocycles. The van der Waals surface area contributed by atoms with E-state index >= 15 is 0 Å². The van der Waals surface area contributed by atoms with E-state index in [4.69, 9.17) is 0 Å². The van der Waals surface area contributed by atoms with E-state index in [2.05, 4.69) is 0 Å². The van der Waals surface area contributed by atoms with Crippen LogP contribution in [0.2, 0.25) is 0 Å². The van der Waals surface area contributed by atoms with Crippen molar-refractivity contribution in [2.24, 2.45) is 11.8 Å². The van der Waals surface area contributed by atoms with Gasteiger partial charge in [0.2, 0.25) is 5.91 Å². The zero-order valence-electron chi connectivity index (χ0n) is 14.6. The molecule has 0 spiro atoms. The Hall–Kier alpha value is -1.73. The molecule has 1 aromatic carbocycles. The van der Waals surface area contributed by atoms with Crippen molar-refractivity contribution in [2.75, 3.05) is 0 Å². The summed E-state index contributed by atoms with van der Waals surface area (Å²) in [6.07, 6.45) is -7.13. The van der Waals surface area contributed by atoms with Gasteiger partial charge in [-0.15, -0.1) is 0 Å².